The summed E-state index contributed by atoms with van der Waals surface area (Å²) < 4.78 is 45.4. The van der Waals surface area contributed by atoms with Crippen molar-refractivity contribution in [2.75, 3.05) is 153 Å². The van der Waals surface area contributed by atoms with Gasteiger partial charge in [0.2, 0.25) is 53.2 Å². The number of carbonyl (C=O) groups is 13. The first-order valence-corrected chi connectivity index (χ1v) is 44.6. The highest BCUT2D eigenvalue weighted by atomic mass is 16.6. The first-order chi connectivity index (χ1) is 61.7. The van der Waals surface area contributed by atoms with Crippen LogP contribution in [0.5, 0.6) is 5.75 Å². The summed E-state index contributed by atoms with van der Waals surface area (Å²) in [6.07, 6.45) is 7.96. The Hall–Kier alpha value is -11.4. The molecule has 2 saturated heterocycles. The molecule has 4 aliphatic heterocycles. The highest BCUT2D eigenvalue weighted by Gasteiger charge is 2.43. The maximum atomic E-state index is 14.0. The number of pyridine rings is 1. The number of alkyl carbamates (subject to hydrolysis) is 1. The summed E-state index contributed by atoms with van der Waals surface area (Å²) in [5.41, 5.74) is 9.69. The van der Waals surface area contributed by atoms with Crippen LogP contribution in [0, 0.1) is 23.7 Å². The van der Waals surface area contributed by atoms with Crippen LogP contribution in [0.2, 0.25) is 0 Å². The lowest BCUT2D eigenvalue weighted by molar-refractivity contribution is -0.146. The number of amides is 14. The molecule has 37 heteroatoms. The Bertz CT molecular complexity index is 4490. The van der Waals surface area contributed by atoms with Crippen molar-refractivity contribution in [3.05, 3.63) is 101 Å². The van der Waals surface area contributed by atoms with Gasteiger partial charge in [-0.1, -0.05) is 83.9 Å². The first-order valence-electron chi connectivity index (χ1n) is 44.6. The van der Waals surface area contributed by atoms with Gasteiger partial charge >= 0.3 is 12.1 Å². The molecule has 0 spiro atoms. The molecular formula is C91H128N16O21. The molecule has 9 rings (SSSR count). The zero-order chi connectivity index (χ0) is 92.0. The summed E-state index contributed by atoms with van der Waals surface area (Å²) in [7, 11) is 3.34. The van der Waals surface area contributed by atoms with E-state index >= 15 is 0 Å². The number of hydrogen-bond donors (Lipinski definition) is 10. The molecule has 5 aliphatic rings. The molecule has 0 radical (unpaired) electrons. The van der Waals surface area contributed by atoms with E-state index in [2.05, 4.69) is 69.5 Å². The van der Waals surface area contributed by atoms with E-state index in [9.17, 15) is 62.3 Å². The summed E-state index contributed by atoms with van der Waals surface area (Å²) in [5.74, 6) is 3.24. The molecule has 3 fully saturated rings. The number of methoxy groups -OCH3 is 1. The number of primary amides is 1. The number of piperidine rings is 2. The van der Waals surface area contributed by atoms with E-state index in [1.165, 1.54) is 11.8 Å². The molecule has 1 saturated carbocycles. The summed E-state index contributed by atoms with van der Waals surface area (Å²) in [5, 5.41) is 25.5. The van der Waals surface area contributed by atoms with Gasteiger partial charge < -0.3 is 106 Å². The minimum atomic E-state index is -1.13. The van der Waals surface area contributed by atoms with E-state index in [0.717, 1.165) is 48.5 Å². The van der Waals surface area contributed by atoms with Gasteiger partial charge in [-0.25, -0.2) is 14.6 Å². The van der Waals surface area contributed by atoms with Crippen LogP contribution in [-0.2, 0) is 89.5 Å². The largest absolute Gasteiger partial charge is 0.495 e. The van der Waals surface area contributed by atoms with Crippen molar-refractivity contribution >= 4 is 106 Å². The average molecular weight is 1780 g/mol. The Morgan fingerprint density at radius 2 is 1.42 bits per heavy atom. The minimum Gasteiger partial charge on any atom is -0.495 e. The van der Waals surface area contributed by atoms with Gasteiger partial charge in [-0.15, -0.1) is 0 Å². The molecule has 5 heterocycles. The number of nitrogens with zero attached hydrogens (tertiary/aromatic N) is 6. The standard InChI is InChI=1S/C91H128N16O21/c1-9-16-60(5)87(116)105(61(6)108)43-36-78(109)93-39-46-123-48-50-125-52-54-126-53-51-124-49-47-122-45-37-80(111)101-81(59(3)4)86(115)99-72(22-14-38-94-90(92)119)84(113)96-65-26-23-62(24-27-65)57-128-91(120)97-67(58-127-44-15-18-63-17-13-21-69-70(63)56-106(88(69)117)75-30-32-79(110)102-85(75)114)35-42-104-40-33-66(34-41-104)95-83(112)64-25-28-71(76(55-64)121-8)98-77-31-29-74-82(100-77)107(68-19-11-12-20-68)73(10-2)89(118)103(74)7/h13,17,21,23-29,31,55,59-60,66-68,72-73,75,81H,9-12,14,16,19-20,22,30,32-54,56-58H2,1-8H3,(H,93,109)(H,95,112)(H,96,113)(H,97,120)(H,98,100)(H,99,115)(H,101,111)(H3,92,94,119)(H,102,110,114)/t60?,67?,72-,73+,75?,81-/m0/s1. The molecule has 3 unspecified atom stereocenters. The Kier molecular flexibility index (Phi) is 40.9. The molecule has 37 nitrogen and oxygen atoms in total. The SMILES string of the molecule is CCCC(C)C(=O)N(CCC(=O)NCCOCCOCCOCCOCCOCCC(=O)N[C@H](C(=O)N[C@@H](CCCNC(N)=O)C(=O)Nc1ccc(COC(=O)NC(CCN2CCC(NC(=O)c3ccc(Nc4ccc5c(n4)N(C4CCCC4)[C@H](CC)C(=O)N5C)c(OC)c3)CC2)COCC#Cc2cccc3c2CN(C2CCC(=O)NC2=O)C3=O)cc1)C(C)C)C(C)=O. The van der Waals surface area contributed by atoms with Crippen LogP contribution in [0.4, 0.5) is 38.3 Å². The fourth-order valence-electron chi connectivity index (χ4n) is 15.9. The van der Waals surface area contributed by atoms with Crippen molar-refractivity contribution in [1.82, 2.24) is 56.9 Å². The predicted octanol–water partition coefficient (Wildman–Crippen LogP) is 5.85. The minimum absolute atomic E-state index is 0.00306. The number of likely N-dealkylation sites (tertiary alicyclic amines) is 1. The molecule has 1 aliphatic carbocycles. The highest BCUT2D eigenvalue weighted by molar-refractivity contribution is 6.07. The zero-order valence-corrected chi connectivity index (χ0v) is 74.9. The Morgan fingerprint density at radius 1 is 0.727 bits per heavy atom. The van der Waals surface area contributed by atoms with Crippen molar-refractivity contribution in [3.63, 3.8) is 0 Å². The monoisotopic (exact) mass is 1780 g/mol. The number of urea groups is 1. The number of likely N-dealkylation sites (N-methyl/N-ethyl adjacent to an activating group) is 1. The van der Waals surface area contributed by atoms with Crippen molar-refractivity contribution in [2.24, 2.45) is 17.6 Å². The first kappa shape index (κ1) is 100. The van der Waals surface area contributed by atoms with Gasteiger partial charge in [0.25, 0.3) is 11.8 Å². The summed E-state index contributed by atoms with van der Waals surface area (Å²) in [6, 6.07) is 16.2. The molecule has 6 atom stereocenters. The van der Waals surface area contributed by atoms with E-state index < -0.39 is 65.8 Å². The maximum absolute atomic E-state index is 14.0. The maximum Gasteiger partial charge on any atom is 0.407 e. The normalized spacial score (nSPS) is 16.8. The lowest BCUT2D eigenvalue weighted by atomic mass is 10.0. The number of rotatable bonds is 51. The lowest BCUT2D eigenvalue weighted by Gasteiger charge is -2.43. The second-order valence-electron chi connectivity index (χ2n) is 32.7. The quantitative estimate of drug-likeness (QED) is 0.0141. The third-order valence-electron chi connectivity index (χ3n) is 22.9. The molecule has 14 amide bonds. The molecule has 3 aromatic carbocycles. The van der Waals surface area contributed by atoms with Gasteiger partial charge in [0.1, 0.15) is 48.9 Å². The number of fused-ring (bicyclic) bond motifs is 2. The van der Waals surface area contributed by atoms with Crippen molar-refractivity contribution in [1.29, 1.82) is 0 Å². The summed E-state index contributed by atoms with van der Waals surface area (Å²) >= 11 is 0. The predicted molar refractivity (Wildman–Crippen MR) is 475 cm³/mol. The second kappa shape index (κ2) is 52.2. The molecule has 128 heavy (non-hydrogen) atoms. The van der Waals surface area contributed by atoms with Gasteiger partial charge in [0.05, 0.1) is 97.2 Å². The topological polar surface area (TPSA) is 459 Å². The number of aromatic nitrogens is 1. The van der Waals surface area contributed by atoms with Crippen LogP contribution in [0.15, 0.2) is 72.8 Å². The van der Waals surface area contributed by atoms with Crippen LogP contribution in [0.1, 0.15) is 182 Å². The molecule has 1 aromatic heterocycles. The Balaban J connectivity index is 0.700. The third kappa shape index (κ3) is 30.9. The third-order valence-corrected chi connectivity index (χ3v) is 22.9. The van der Waals surface area contributed by atoms with Gasteiger partial charge in [0, 0.05) is 119 Å². The second-order valence-corrected chi connectivity index (χ2v) is 32.7. The fraction of sp³-hybridized carbons (Fsp3) is 0.582. The van der Waals surface area contributed by atoms with E-state index in [0.29, 0.717) is 136 Å². The van der Waals surface area contributed by atoms with Crippen molar-refractivity contribution in [2.45, 2.75) is 200 Å². The van der Waals surface area contributed by atoms with Gasteiger partial charge in [0.15, 0.2) is 5.82 Å². The summed E-state index contributed by atoms with van der Waals surface area (Å²) in [6.45, 7) is 15.4. The van der Waals surface area contributed by atoms with Gasteiger partial charge in [-0.3, -0.25) is 63.0 Å². The highest BCUT2D eigenvalue weighted by Crippen LogP contribution is 2.42. The van der Waals surface area contributed by atoms with E-state index in [1.807, 2.05) is 26.0 Å². The van der Waals surface area contributed by atoms with Gasteiger partial charge in [-0.05, 0) is 136 Å². The van der Waals surface area contributed by atoms with Crippen molar-refractivity contribution < 1.29 is 100 Å². The van der Waals surface area contributed by atoms with E-state index in [4.69, 9.17) is 48.6 Å². The van der Waals surface area contributed by atoms with Crippen LogP contribution >= 0.6 is 0 Å². The Labute approximate surface area is 748 Å². The Morgan fingerprint density at radius 3 is 2.08 bits per heavy atom. The number of benzene rings is 3. The number of anilines is 5. The zero-order valence-electron chi connectivity index (χ0n) is 74.9. The number of imide groups is 2. The smallest absolute Gasteiger partial charge is 0.407 e. The molecular weight excluding hydrogens is 1650 g/mol. The van der Waals surface area contributed by atoms with Crippen LogP contribution in [-0.4, -0.2) is 272 Å². The van der Waals surface area contributed by atoms with E-state index in [-0.39, 0.29) is 183 Å². The average Bonchev–Trinajstić information content (AvgIpc) is 0.904. The molecule has 698 valence electrons. The number of carbonyl (C=O) groups excluding carboxylic acids is 13. The van der Waals surface area contributed by atoms with Gasteiger partial charge in [-0.2, -0.15) is 0 Å². The summed E-state index contributed by atoms with van der Waals surface area (Å²) in [4.78, 5) is 183. The fourth-order valence-corrected chi connectivity index (χ4v) is 15.9. The molecule has 4 aromatic rings. The number of ether oxygens (including phenoxy) is 8. The van der Waals surface area contributed by atoms with Crippen molar-refractivity contribution in [3.8, 4) is 17.6 Å². The number of hydrogen-bond acceptors (Lipinski definition) is 25. The van der Waals surface area contributed by atoms with Crippen LogP contribution in [0.25, 0.3) is 0 Å². The molecule has 11 N–H and O–H groups in total. The number of nitrogens with two attached hydrogens (primary N) is 1. The number of nitrogens with one attached hydrogen (secondary N) is 9. The van der Waals surface area contributed by atoms with E-state index in [1.54, 1.807) is 100 Å². The van der Waals surface area contributed by atoms with Crippen LogP contribution in [0.3, 0.4) is 0 Å². The lowest BCUT2D eigenvalue weighted by Crippen LogP contribution is -2.55. The molecule has 0 bridgehead atoms. The van der Waals surface area contributed by atoms with Crippen LogP contribution < -0.4 is 68.1 Å².